The van der Waals surface area contributed by atoms with Crippen molar-refractivity contribution in [1.29, 1.82) is 5.26 Å². The van der Waals surface area contributed by atoms with Crippen LogP contribution >= 0.6 is 0 Å². The topological polar surface area (TPSA) is 50.1 Å². The van der Waals surface area contributed by atoms with Gasteiger partial charge in [0.15, 0.2) is 0 Å². The monoisotopic (exact) mass is 291 g/mol. The Hall–Kier alpha value is -1.34. The van der Waals surface area contributed by atoms with Gasteiger partial charge < -0.3 is 4.74 Å². The predicted molar refractivity (Wildman–Crippen MR) is 81.0 cm³/mol. The Labute approximate surface area is 123 Å². The summed E-state index contributed by atoms with van der Waals surface area (Å²) in [7, 11) is 0.718. The lowest BCUT2D eigenvalue weighted by Gasteiger charge is -2.26. The van der Waals surface area contributed by atoms with Crippen molar-refractivity contribution in [1.82, 2.24) is 0 Å². The molecule has 2 rings (SSSR count). The van der Waals surface area contributed by atoms with E-state index in [1.54, 1.807) is 25.3 Å². The van der Waals surface area contributed by atoms with Crippen molar-refractivity contribution in [3.05, 3.63) is 29.3 Å². The second kappa shape index (κ2) is 6.90. The third-order valence-electron chi connectivity index (χ3n) is 3.97. The van der Waals surface area contributed by atoms with Crippen LogP contribution in [0.25, 0.3) is 0 Å². The summed E-state index contributed by atoms with van der Waals surface area (Å²) in [6, 6.07) is 7.44. The number of ether oxygens (including phenoxy) is 1. The normalized spacial score (nSPS) is 23.9. The van der Waals surface area contributed by atoms with Gasteiger partial charge in [0.25, 0.3) is 0 Å². The molecule has 1 aliphatic rings. The third kappa shape index (κ3) is 3.61. The summed E-state index contributed by atoms with van der Waals surface area (Å²) in [5.41, 5.74) is 1.47. The van der Waals surface area contributed by atoms with E-state index in [-0.39, 0.29) is 5.25 Å². The molecule has 0 heterocycles. The van der Waals surface area contributed by atoms with Gasteiger partial charge in [0, 0.05) is 21.6 Å². The molecule has 3 atom stereocenters. The lowest BCUT2D eigenvalue weighted by Crippen LogP contribution is -2.24. The molecule has 0 aromatic heterocycles. The Morgan fingerprint density at radius 2 is 2.25 bits per heavy atom. The van der Waals surface area contributed by atoms with Crippen molar-refractivity contribution >= 4 is 10.8 Å². The van der Waals surface area contributed by atoms with Crippen LogP contribution in [0.15, 0.2) is 18.2 Å². The Bertz CT molecular complexity index is 536. The zero-order valence-electron chi connectivity index (χ0n) is 12.1. The van der Waals surface area contributed by atoms with E-state index in [1.165, 1.54) is 12.8 Å². The molecule has 1 aromatic carbocycles. The third-order valence-corrected chi connectivity index (χ3v) is 5.73. The molecule has 0 aliphatic heterocycles. The Morgan fingerprint density at radius 3 is 2.90 bits per heavy atom. The average molecular weight is 291 g/mol. The fourth-order valence-electron chi connectivity index (χ4n) is 2.85. The quantitative estimate of drug-likeness (QED) is 0.854. The summed E-state index contributed by atoms with van der Waals surface area (Å²) in [5, 5.41) is 9.26. The van der Waals surface area contributed by atoms with Crippen molar-refractivity contribution in [2.45, 2.75) is 43.6 Å². The van der Waals surface area contributed by atoms with Crippen LogP contribution in [0.3, 0.4) is 0 Å². The minimum atomic E-state index is -0.890. The molecule has 0 saturated heterocycles. The maximum absolute atomic E-state index is 12.6. The highest BCUT2D eigenvalue weighted by Gasteiger charge is 2.24. The molecule has 20 heavy (non-hydrogen) atoms. The molecule has 3 nitrogen and oxygen atoms in total. The molecule has 0 N–H and O–H groups in total. The first-order valence-electron chi connectivity index (χ1n) is 7.08. The van der Waals surface area contributed by atoms with Gasteiger partial charge in [-0.1, -0.05) is 19.8 Å². The largest absolute Gasteiger partial charge is 0.496 e. The van der Waals surface area contributed by atoms with E-state index < -0.39 is 10.8 Å². The molecular formula is C16H21NO2S. The first kappa shape index (κ1) is 15.1. The molecule has 1 aromatic rings. The first-order chi connectivity index (χ1) is 9.63. The second-order valence-electron chi connectivity index (χ2n) is 5.56. The van der Waals surface area contributed by atoms with Crippen molar-refractivity contribution in [3.63, 3.8) is 0 Å². The number of nitrogens with zero attached hydrogens (tertiary/aromatic N) is 1. The summed E-state index contributed by atoms with van der Waals surface area (Å²) < 4.78 is 17.9. The van der Waals surface area contributed by atoms with Crippen LogP contribution in [-0.2, 0) is 16.6 Å². The van der Waals surface area contributed by atoms with Gasteiger partial charge in [0.1, 0.15) is 5.75 Å². The van der Waals surface area contributed by atoms with E-state index in [4.69, 9.17) is 10.00 Å². The fraction of sp³-hybridized carbons (Fsp3) is 0.562. The van der Waals surface area contributed by atoms with Crippen LogP contribution in [0.5, 0.6) is 5.75 Å². The highest BCUT2D eigenvalue weighted by Crippen LogP contribution is 2.30. The number of rotatable bonds is 4. The van der Waals surface area contributed by atoms with E-state index >= 15 is 0 Å². The molecule has 108 valence electrons. The van der Waals surface area contributed by atoms with Crippen LogP contribution in [0.1, 0.15) is 43.7 Å². The molecule has 4 heteroatoms. The van der Waals surface area contributed by atoms with Gasteiger partial charge in [-0.2, -0.15) is 5.26 Å². The fourth-order valence-corrected chi connectivity index (χ4v) is 4.59. The van der Waals surface area contributed by atoms with Crippen molar-refractivity contribution in [2.24, 2.45) is 5.92 Å². The summed E-state index contributed by atoms with van der Waals surface area (Å²) >= 11 is 0. The summed E-state index contributed by atoms with van der Waals surface area (Å²) in [4.78, 5) is 0. The number of hydrogen-bond donors (Lipinski definition) is 0. The summed E-state index contributed by atoms with van der Waals surface area (Å²) in [6.45, 7) is 2.24. The van der Waals surface area contributed by atoms with Gasteiger partial charge in [-0.15, -0.1) is 0 Å². The van der Waals surface area contributed by atoms with Crippen molar-refractivity contribution in [2.75, 3.05) is 7.11 Å². The number of nitriles is 1. The van der Waals surface area contributed by atoms with Crippen LogP contribution in [0.4, 0.5) is 0 Å². The molecule has 1 fully saturated rings. The highest BCUT2D eigenvalue weighted by atomic mass is 32.2. The van der Waals surface area contributed by atoms with Gasteiger partial charge in [-0.05, 0) is 37.0 Å². The predicted octanol–water partition coefficient (Wildman–Crippen LogP) is 3.39. The lowest BCUT2D eigenvalue weighted by molar-refractivity contribution is 0.388. The SMILES string of the molecule is COc1ccc(C#N)cc1CS(=O)C1CCCC(C)C1. The van der Waals surface area contributed by atoms with Crippen molar-refractivity contribution in [3.8, 4) is 11.8 Å². The van der Waals surface area contributed by atoms with Gasteiger partial charge in [-0.25, -0.2) is 0 Å². The smallest absolute Gasteiger partial charge is 0.123 e. The number of hydrogen-bond acceptors (Lipinski definition) is 3. The zero-order chi connectivity index (χ0) is 14.5. The van der Waals surface area contributed by atoms with E-state index in [1.807, 2.05) is 0 Å². The molecule has 0 spiro atoms. The van der Waals surface area contributed by atoms with Crippen LogP contribution in [0, 0.1) is 17.2 Å². The van der Waals surface area contributed by atoms with E-state index in [0.29, 0.717) is 17.2 Å². The Morgan fingerprint density at radius 1 is 1.45 bits per heavy atom. The maximum atomic E-state index is 12.6. The lowest BCUT2D eigenvalue weighted by atomic mass is 9.91. The van der Waals surface area contributed by atoms with Gasteiger partial charge in [0.2, 0.25) is 0 Å². The molecule has 3 unspecified atom stereocenters. The van der Waals surface area contributed by atoms with Gasteiger partial charge in [0.05, 0.1) is 24.5 Å². The van der Waals surface area contributed by atoms with Crippen LogP contribution < -0.4 is 4.74 Å². The minimum Gasteiger partial charge on any atom is -0.496 e. The zero-order valence-corrected chi connectivity index (χ0v) is 12.9. The molecular weight excluding hydrogens is 270 g/mol. The molecule has 1 saturated carbocycles. The Balaban J connectivity index is 2.12. The number of methoxy groups -OCH3 is 1. The maximum Gasteiger partial charge on any atom is 0.123 e. The molecule has 0 radical (unpaired) electrons. The van der Waals surface area contributed by atoms with Gasteiger partial charge >= 0.3 is 0 Å². The van der Waals surface area contributed by atoms with Crippen LogP contribution in [0.2, 0.25) is 0 Å². The molecule has 1 aliphatic carbocycles. The van der Waals surface area contributed by atoms with Crippen LogP contribution in [-0.4, -0.2) is 16.6 Å². The second-order valence-corrected chi connectivity index (χ2v) is 7.27. The molecule has 0 amide bonds. The van der Waals surface area contributed by atoms with E-state index in [9.17, 15) is 4.21 Å². The van der Waals surface area contributed by atoms with Gasteiger partial charge in [-0.3, -0.25) is 4.21 Å². The molecule has 0 bridgehead atoms. The van der Waals surface area contributed by atoms with E-state index in [2.05, 4.69) is 13.0 Å². The average Bonchev–Trinajstić information content (AvgIpc) is 2.47. The minimum absolute atomic E-state index is 0.286. The standard InChI is InChI=1S/C16H21NO2S/c1-12-4-3-5-15(8-12)20(18)11-14-9-13(10-17)6-7-16(14)19-2/h6-7,9,12,15H,3-5,8,11H2,1-2H3. The number of benzene rings is 1. The highest BCUT2D eigenvalue weighted by molar-refractivity contribution is 7.84. The first-order valence-corrected chi connectivity index (χ1v) is 8.46. The van der Waals surface area contributed by atoms with E-state index in [0.717, 1.165) is 24.2 Å². The summed E-state index contributed by atoms with van der Waals surface area (Å²) in [5.74, 6) is 1.88. The summed E-state index contributed by atoms with van der Waals surface area (Å²) in [6.07, 6.45) is 4.53. The van der Waals surface area contributed by atoms with Crippen molar-refractivity contribution < 1.29 is 8.95 Å². The Kier molecular flexibility index (Phi) is 5.19.